The van der Waals surface area contributed by atoms with Gasteiger partial charge in [-0.2, -0.15) is 5.10 Å². The third-order valence-corrected chi connectivity index (χ3v) is 4.96. The lowest BCUT2D eigenvalue weighted by Gasteiger charge is -2.31. The first-order valence-electron chi connectivity index (χ1n) is 10.9. The van der Waals surface area contributed by atoms with Gasteiger partial charge in [0.25, 0.3) is 5.56 Å². The zero-order valence-electron chi connectivity index (χ0n) is 20.4. The highest BCUT2D eigenvalue weighted by atomic mass is 16.5. The molecule has 2 atom stereocenters. The van der Waals surface area contributed by atoms with Crippen molar-refractivity contribution in [3.63, 3.8) is 0 Å². The number of hydrogen-bond acceptors (Lipinski definition) is 6. The Hall–Kier alpha value is -3.45. The van der Waals surface area contributed by atoms with E-state index in [0.717, 1.165) is 11.3 Å². The van der Waals surface area contributed by atoms with Gasteiger partial charge in [-0.3, -0.25) is 9.78 Å². The molecular weight excluding hydrogens is 414 g/mol. The largest absolute Gasteiger partial charge is 0.491 e. The van der Waals surface area contributed by atoms with Gasteiger partial charge in [0, 0.05) is 19.3 Å². The van der Waals surface area contributed by atoms with E-state index in [2.05, 4.69) is 52.5 Å². The van der Waals surface area contributed by atoms with Gasteiger partial charge in [-0.1, -0.05) is 37.4 Å². The molecule has 7 heteroatoms. The van der Waals surface area contributed by atoms with E-state index in [4.69, 9.17) is 4.74 Å². The van der Waals surface area contributed by atoms with Gasteiger partial charge in [-0.15, -0.1) is 0 Å². The maximum Gasteiger partial charge on any atom is 0.276 e. The van der Waals surface area contributed by atoms with Crippen LogP contribution in [0.25, 0.3) is 10.9 Å². The fourth-order valence-corrected chi connectivity index (χ4v) is 3.63. The number of rotatable bonds is 8. The van der Waals surface area contributed by atoms with E-state index in [1.165, 1.54) is 4.68 Å². The number of hydrogen-bond donors (Lipinski definition) is 1. The van der Waals surface area contributed by atoms with Gasteiger partial charge in [0.05, 0.1) is 17.5 Å². The molecule has 0 radical (unpaired) electrons. The zero-order valence-corrected chi connectivity index (χ0v) is 20.4. The number of anilines is 1. The summed E-state index contributed by atoms with van der Waals surface area (Å²) in [5, 5.41) is 8.44. The van der Waals surface area contributed by atoms with Gasteiger partial charge < -0.3 is 15.0 Å². The summed E-state index contributed by atoms with van der Waals surface area (Å²) in [7, 11) is 5.75. The molecule has 176 valence electrons. The van der Waals surface area contributed by atoms with Gasteiger partial charge in [0.15, 0.2) is 5.82 Å². The van der Waals surface area contributed by atoms with Crippen LogP contribution in [0.4, 0.5) is 5.82 Å². The van der Waals surface area contributed by atoms with E-state index in [1.807, 2.05) is 40.1 Å². The van der Waals surface area contributed by atoms with Crippen LogP contribution < -0.4 is 15.6 Å². The molecule has 0 saturated heterocycles. The summed E-state index contributed by atoms with van der Waals surface area (Å²) in [6.07, 6.45) is 5.10. The fourth-order valence-electron chi connectivity index (χ4n) is 3.63. The molecule has 1 aromatic carbocycles. The average molecular weight is 450 g/mol. The summed E-state index contributed by atoms with van der Waals surface area (Å²) < 4.78 is 7.11. The third kappa shape index (κ3) is 6.76. The Labute approximate surface area is 196 Å². The van der Waals surface area contributed by atoms with E-state index >= 15 is 0 Å². The van der Waals surface area contributed by atoms with E-state index in [9.17, 15) is 4.79 Å². The number of nitrogens with one attached hydrogen (secondary N) is 1. The van der Waals surface area contributed by atoms with Crippen molar-refractivity contribution >= 4 is 16.7 Å². The minimum Gasteiger partial charge on any atom is -0.491 e. The summed E-state index contributed by atoms with van der Waals surface area (Å²) >= 11 is 0. The van der Waals surface area contributed by atoms with E-state index in [0.29, 0.717) is 16.7 Å². The number of allylic oxidation sites excluding steroid dienone is 2. The highest BCUT2D eigenvalue weighted by molar-refractivity contribution is 5.87. The molecule has 7 nitrogen and oxygen atoms in total. The Bertz CT molecular complexity index is 1110. The maximum atomic E-state index is 12.4. The molecule has 3 rings (SSSR count). The van der Waals surface area contributed by atoms with Crippen molar-refractivity contribution in [2.24, 2.45) is 7.05 Å². The first-order chi connectivity index (χ1) is 15.7. The molecule has 33 heavy (non-hydrogen) atoms. The fraction of sp³-hybridized carbons (Fsp3) is 0.346. The van der Waals surface area contributed by atoms with Gasteiger partial charge in [-0.05, 0) is 64.7 Å². The van der Waals surface area contributed by atoms with Crippen molar-refractivity contribution < 1.29 is 4.74 Å². The van der Waals surface area contributed by atoms with Crippen molar-refractivity contribution in [2.45, 2.75) is 39.0 Å². The molecule has 0 bridgehead atoms. The number of aromatic nitrogens is 3. The van der Waals surface area contributed by atoms with Crippen LogP contribution in [-0.4, -0.2) is 45.9 Å². The Morgan fingerprint density at radius 1 is 1.09 bits per heavy atom. The van der Waals surface area contributed by atoms with Gasteiger partial charge in [0.1, 0.15) is 11.3 Å². The maximum absolute atomic E-state index is 12.4. The Balaban J connectivity index is 0.000000890. The number of benzene rings is 1. The molecule has 2 aromatic heterocycles. The van der Waals surface area contributed by atoms with Gasteiger partial charge in [0.2, 0.25) is 0 Å². The molecule has 0 amide bonds. The molecule has 0 aliphatic carbocycles. The average Bonchev–Trinajstić information content (AvgIpc) is 2.78. The van der Waals surface area contributed by atoms with E-state index in [-0.39, 0.29) is 23.7 Å². The van der Waals surface area contributed by atoms with Crippen molar-refractivity contribution in [1.29, 1.82) is 0 Å². The van der Waals surface area contributed by atoms with E-state index < -0.39 is 0 Å². The summed E-state index contributed by atoms with van der Waals surface area (Å²) in [5.41, 5.74) is 1.59. The van der Waals surface area contributed by atoms with Crippen molar-refractivity contribution in [3.05, 3.63) is 83.8 Å². The second-order valence-corrected chi connectivity index (χ2v) is 8.23. The van der Waals surface area contributed by atoms with Crippen LogP contribution in [-0.2, 0) is 7.05 Å². The minimum atomic E-state index is -0.156. The van der Waals surface area contributed by atoms with Crippen LogP contribution in [0, 0.1) is 0 Å². The second-order valence-electron chi connectivity index (χ2n) is 8.23. The monoisotopic (exact) mass is 449 g/mol. The van der Waals surface area contributed by atoms with Crippen LogP contribution in [0.3, 0.4) is 0 Å². The summed E-state index contributed by atoms with van der Waals surface area (Å²) in [6.45, 7) is 12.9. The third-order valence-electron chi connectivity index (χ3n) is 4.96. The number of likely N-dealkylation sites (N-methyl/N-ethyl adjacent to an activating group) is 1. The van der Waals surface area contributed by atoms with Crippen LogP contribution in [0.2, 0.25) is 0 Å². The lowest BCUT2D eigenvalue weighted by molar-refractivity contribution is 0.241. The molecule has 0 aliphatic heterocycles. The normalized spacial score (nSPS) is 12.6. The first-order valence-corrected chi connectivity index (χ1v) is 10.9. The van der Waals surface area contributed by atoms with Gasteiger partial charge in [-0.25, -0.2) is 4.68 Å². The highest BCUT2D eigenvalue weighted by Gasteiger charge is 2.23. The molecular formula is C26H35N5O2. The Morgan fingerprint density at radius 3 is 2.27 bits per heavy atom. The number of pyridine rings is 1. The topological polar surface area (TPSA) is 72.3 Å². The van der Waals surface area contributed by atoms with Gasteiger partial charge >= 0.3 is 0 Å². The molecule has 3 aromatic rings. The lowest BCUT2D eigenvalue weighted by atomic mass is 9.99. The number of fused-ring (bicyclic) bond motifs is 1. The molecule has 1 unspecified atom stereocenters. The zero-order chi connectivity index (χ0) is 24.5. The number of ether oxygens (including phenoxy) is 1. The Kier molecular flexibility index (Phi) is 9.36. The lowest BCUT2D eigenvalue weighted by Crippen LogP contribution is -2.35. The quantitative estimate of drug-likeness (QED) is 0.508. The van der Waals surface area contributed by atoms with Crippen molar-refractivity contribution in [2.75, 3.05) is 19.4 Å². The smallest absolute Gasteiger partial charge is 0.276 e. The molecule has 0 fully saturated rings. The molecule has 0 aliphatic rings. The first kappa shape index (κ1) is 25.8. The standard InChI is InChI=1S/C22H29N5O2.C4H6/c1-14(2)29-17-11-9-16(10-12-17)20(26(4)5)15(3)24-21-19-18(8-7-13-23-19)22(28)27(6)25-21;1-3-4-2/h7-15,20H,1-6H3,(H,24,25);3-4H,1-2H2/t15-,20?;/m0./s1. The van der Waals surface area contributed by atoms with Crippen LogP contribution in [0.5, 0.6) is 5.75 Å². The van der Waals surface area contributed by atoms with Crippen LogP contribution >= 0.6 is 0 Å². The van der Waals surface area contributed by atoms with Crippen LogP contribution in [0.1, 0.15) is 32.4 Å². The summed E-state index contributed by atoms with van der Waals surface area (Å²) in [5.74, 6) is 1.46. The molecule has 1 N–H and O–H groups in total. The summed E-state index contributed by atoms with van der Waals surface area (Å²) in [6, 6.07) is 11.8. The number of nitrogens with zero attached hydrogens (tertiary/aromatic N) is 4. The number of aryl methyl sites for hydroxylation is 1. The predicted molar refractivity (Wildman–Crippen MR) is 137 cm³/mol. The highest BCUT2D eigenvalue weighted by Crippen LogP contribution is 2.27. The molecule has 0 spiro atoms. The predicted octanol–water partition coefficient (Wildman–Crippen LogP) is 4.58. The van der Waals surface area contributed by atoms with Crippen LogP contribution in [0.15, 0.2) is 72.7 Å². The van der Waals surface area contributed by atoms with Crippen molar-refractivity contribution in [3.8, 4) is 5.75 Å². The minimum absolute atomic E-state index is 0.0112. The molecule has 0 saturated carbocycles. The SMILES string of the molecule is C=CC=C.CC(C)Oc1ccc(C([C@H](C)Nc2nn(C)c(=O)c3cccnc23)N(C)C)cc1. The van der Waals surface area contributed by atoms with E-state index in [1.54, 1.807) is 37.5 Å². The Morgan fingerprint density at radius 2 is 1.73 bits per heavy atom. The molecule has 2 heterocycles. The second kappa shape index (κ2) is 12.0. The van der Waals surface area contributed by atoms with Crippen molar-refractivity contribution in [1.82, 2.24) is 19.7 Å². The summed E-state index contributed by atoms with van der Waals surface area (Å²) in [4.78, 5) is 18.9.